The molecule has 4 heterocycles. The molecule has 138 valence electrons. The zero-order chi connectivity index (χ0) is 18.4. The molecule has 0 bridgehead atoms. The van der Waals surface area contributed by atoms with Gasteiger partial charge in [0.1, 0.15) is 5.52 Å². The lowest BCUT2D eigenvalue weighted by Gasteiger charge is -2.28. The molecule has 0 saturated carbocycles. The van der Waals surface area contributed by atoms with Gasteiger partial charge in [-0.2, -0.15) is 9.97 Å². The summed E-state index contributed by atoms with van der Waals surface area (Å²) < 4.78 is 5.47. The molecule has 27 heavy (non-hydrogen) atoms. The average Bonchev–Trinajstić information content (AvgIpc) is 3.27. The van der Waals surface area contributed by atoms with Crippen LogP contribution in [0.1, 0.15) is 11.3 Å². The van der Waals surface area contributed by atoms with Gasteiger partial charge < -0.3 is 24.9 Å². The zero-order valence-corrected chi connectivity index (χ0v) is 15.3. The zero-order valence-electron chi connectivity index (χ0n) is 15.3. The number of H-pyrrole nitrogens is 2. The fourth-order valence-corrected chi connectivity index (χ4v) is 3.55. The number of nitrogens with one attached hydrogen (secondary N) is 3. The van der Waals surface area contributed by atoms with Crippen molar-refractivity contribution < 1.29 is 4.74 Å². The molecule has 0 atom stereocenters. The standard InChI is InChI=1S/C19H21N7O/c1-11-12(2)22-15-4-3-13(9-14(11)15)23-19-24-17-16(20-10-21-17)18(25-19)26-5-7-27-8-6-26/h3-4,9-10,22H,5-8H2,1-2H3,(H2,20,21,23,24,25). The van der Waals surface area contributed by atoms with Gasteiger partial charge in [0.25, 0.3) is 0 Å². The van der Waals surface area contributed by atoms with Gasteiger partial charge in [0.15, 0.2) is 11.5 Å². The number of fused-ring (bicyclic) bond motifs is 2. The number of ether oxygens (including phenoxy) is 1. The van der Waals surface area contributed by atoms with Crippen LogP contribution in [0.3, 0.4) is 0 Å². The van der Waals surface area contributed by atoms with Crippen LogP contribution in [0.5, 0.6) is 0 Å². The Labute approximate surface area is 156 Å². The quantitative estimate of drug-likeness (QED) is 0.518. The van der Waals surface area contributed by atoms with Crippen LogP contribution in [0.4, 0.5) is 17.5 Å². The van der Waals surface area contributed by atoms with E-state index in [1.807, 2.05) is 6.07 Å². The molecule has 8 nitrogen and oxygen atoms in total. The monoisotopic (exact) mass is 363 g/mol. The Bertz CT molecular complexity index is 1120. The summed E-state index contributed by atoms with van der Waals surface area (Å²) in [6.07, 6.45) is 1.66. The predicted octanol–water partition coefficient (Wildman–Crippen LogP) is 3.03. The van der Waals surface area contributed by atoms with Crippen molar-refractivity contribution in [1.82, 2.24) is 24.9 Å². The fraction of sp³-hybridized carbons (Fsp3) is 0.316. The Kier molecular flexibility index (Phi) is 3.71. The van der Waals surface area contributed by atoms with Gasteiger partial charge in [-0.3, -0.25) is 0 Å². The lowest BCUT2D eigenvalue weighted by Crippen LogP contribution is -2.37. The van der Waals surface area contributed by atoms with Crippen molar-refractivity contribution in [2.75, 3.05) is 36.5 Å². The van der Waals surface area contributed by atoms with Crippen molar-refractivity contribution >= 4 is 39.5 Å². The van der Waals surface area contributed by atoms with Gasteiger partial charge in [-0.05, 0) is 37.6 Å². The Morgan fingerprint density at radius 3 is 2.85 bits per heavy atom. The maximum absolute atomic E-state index is 5.47. The highest BCUT2D eigenvalue weighted by Gasteiger charge is 2.19. The van der Waals surface area contributed by atoms with Crippen molar-refractivity contribution in [1.29, 1.82) is 0 Å². The number of nitrogens with zero attached hydrogens (tertiary/aromatic N) is 4. The normalized spacial score (nSPS) is 15.0. The summed E-state index contributed by atoms with van der Waals surface area (Å²) in [7, 11) is 0. The average molecular weight is 363 g/mol. The third kappa shape index (κ3) is 2.78. The van der Waals surface area contributed by atoms with Crippen LogP contribution < -0.4 is 10.2 Å². The van der Waals surface area contributed by atoms with Gasteiger partial charge >= 0.3 is 0 Å². The summed E-state index contributed by atoms with van der Waals surface area (Å²) in [6, 6.07) is 6.23. The van der Waals surface area contributed by atoms with Crippen molar-refractivity contribution in [3.8, 4) is 0 Å². The topological polar surface area (TPSA) is 94.8 Å². The maximum atomic E-state index is 5.47. The van der Waals surface area contributed by atoms with E-state index in [1.54, 1.807) is 6.33 Å². The molecule has 1 aliphatic rings. The number of aromatic amines is 2. The van der Waals surface area contributed by atoms with Crippen LogP contribution in [0.2, 0.25) is 0 Å². The summed E-state index contributed by atoms with van der Waals surface area (Å²) in [4.78, 5) is 22.4. The van der Waals surface area contributed by atoms with Crippen LogP contribution >= 0.6 is 0 Å². The van der Waals surface area contributed by atoms with E-state index in [4.69, 9.17) is 9.72 Å². The molecule has 4 aromatic rings. The number of aromatic nitrogens is 5. The molecule has 1 aliphatic heterocycles. The molecular weight excluding hydrogens is 342 g/mol. The summed E-state index contributed by atoms with van der Waals surface area (Å²) in [5, 5.41) is 4.55. The minimum atomic E-state index is 0.542. The van der Waals surface area contributed by atoms with Crippen molar-refractivity contribution in [2.24, 2.45) is 0 Å². The minimum Gasteiger partial charge on any atom is -0.378 e. The second kappa shape index (κ2) is 6.24. The van der Waals surface area contributed by atoms with Gasteiger partial charge in [0, 0.05) is 35.4 Å². The van der Waals surface area contributed by atoms with Gasteiger partial charge in [0.2, 0.25) is 5.95 Å². The number of benzene rings is 1. The number of rotatable bonds is 3. The van der Waals surface area contributed by atoms with E-state index >= 15 is 0 Å². The number of imidazole rings is 1. The molecule has 0 spiro atoms. The summed E-state index contributed by atoms with van der Waals surface area (Å²) in [6.45, 7) is 7.22. The van der Waals surface area contributed by atoms with Crippen LogP contribution in [0, 0.1) is 13.8 Å². The number of morpholine rings is 1. The molecular formula is C19H21N7O. The molecule has 1 saturated heterocycles. The Morgan fingerprint density at radius 1 is 1.15 bits per heavy atom. The first kappa shape index (κ1) is 16.1. The molecule has 0 aliphatic carbocycles. The summed E-state index contributed by atoms with van der Waals surface area (Å²) >= 11 is 0. The Morgan fingerprint density at radius 2 is 2.00 bits per heavy atom. The first-order valence-corrected chi connectivity index (χ1v) is 9.09. The van der Waals surface area contributed by atoms with Gasteiger partial charge in [0.05, 0.1) is 19.5 Å². The number of hydrogen-bond donors (Lipinski definition) is 3. The highest BCUT2D eigenvalue weighted by molar-refractivity contribution is 5.89. The van der Waals surface area contributed by atoms with Crippen molar-refractivity contribution in [3.05, 3.63) is 35.8 Å². The van der Waals surface area contributed by atoms with E-state index in [1.165, 1.54) is 16.6 Å². The van der Waals surface area contributed by atoms with E-state index in [2.05, 4.69) is 56.1 Å². The minimum absolute atomic E-state index is 0.542. The molecule has 0 radical (unpaired) electrons. The molecule has 8 heteroatoms. The van der Waals surface area contributed by atoms with E-state index in [-0.39, 0.29) is 0 Å². The van der Waals surface area contributed by atoms with E-state index in [0.717, 1.165) is 35.6 Å². The second-order valence-electron chi connectivity index (χ2n) is 6.83. The highest BCUT2D eigenvalue weighted by atomic mass is 16.5. The lowest BCUT2D eigenvalue weighted by molar-refractivity contribution is 0.122. The molecule has 1 aromatic carbocycles. The van der Waals surface area contributed by atoms with Crippen LogP contribution in [0.25, 0.3) is 22.1 Å². The maximum Gasteiger partial charge on any atom is 0.231 e. The van der Waals surface area contributed by atoms with E-state index in [0.29, 0.717) is 24.8 Å². The molecule has 3 aromatic heterocycles. The molecule has 5 rings (SSSR count). The van der Waals surface area contributed by atoms with Gasteiger partial charge in [-0.15, -0.1) is 0 Å². The smallest absolute Gasteiger partial charge is 0.231 e. The van der Waals surface area contributed by atoms with Crippen molar-refractivity contribution in [3.63, 3.8) is 0 Å². The summed E-state index contributed by atoms with van der Waals surface area (Å²) in [5.74, 6) is 1.40. The first-order valence-electron chi connectivity index (χ1n) is 9.09. The third-order valence-electron chi connectivity index (χ3n) is 5.14. The second-order valence-corrected chi connectivity index (χ2v) is 6.83. The van der Waals surface area contributed by atoms with Crippen LogP contribution in [-0.2, 0) is 4.74 Å². The van der Waals surface area contributed by atoms with E-state index < -0.39 is 0 Å². The van der Waals surface area contributed by atoms with Crippen LogP contribution in [0.15, 0.2) is 24.5 Å². The molecule has 0 amide bonds. The van der Waals surface area contributed by atoms with E-state index in [9.17, 15) is 0 Å². The Balaban J connectivity index is 1.54. The Hall–Kier alpha value is -3.13. The number of hydrogen-bond acceptors (Lipinski definition) is 6. The molecule has 1 fully saturated rings. The van der Waals surface area contributed by atoms with Crippen LogP contribution in [-0.4, -0.2) is 51.2 Å². The van der Waals surface area contributed by atoms with Crippen molar-refractivity contribution in [2.45, 2.75) is 13.8 Å². The molecule has 0 unspecified atom stereocenters. The lowest BCUT2D eigenvalue weighted by atomic mass is 10.1. The molecule has 3 N–H and O–H groups in total. The summed E-state index contributed by atoms with van der Waals surface area (Å²) in [5.41, 5.74) is 6.04. The SMILES string of the molecule is Cc1[nH]c2ccc(Nc3nc(N4CCOCC4)c4[nH]cnc4n3)cc2c1C. The first-order chi connectivity index (χ1) is 13.2. The van der Waals surface area contributed by atoms with Gasteiger partial charge in [-0.1, -0.05) is 0 Å². The fourth-order valence-electron chi connectivity index (χ4n) is 3.55. The third-order valence-corrected chi connectivity index (χ3v) is 5.14. The largest absolute Gasteiger partial charge is 0.378 e. The highest BCUT2D eigenvalue weighted by Crippen LogP contribution is 2.28. The number of aryl methyl sites for hydroxylation is 2. The van der Waals surface area contributed by atoms with Gasteiger partial charge in [-0.25, -0.2) is 4.98 Å². The predicted molar refractivity (Wildman–Crippen MR) is 106 cm³/mol. The number of anilines is 3.